The van der Waals surface area contributed by atoms with Crippen LogP contribution in [0.25, 0.3) is 0 Å². The van der Waals surface area contributed by atoms with Gasteiger partial charge in [-0.05, 0) is 18.7 Å². The van der Waals surface area contributed by atoms with Crippen molar-refractivity contribution in [1.29, 1.82) is 0 Å². The molecule has 25 heavy (non-hydrogen) atoms. The summed E-state index contributed by atoms with van der Waals surface area (Å²) in [5, 5.41) is 9.72. The number of pyridine rings is 1. The molecule has 1 aromatic heterocycles. The van der Waals surface area contributed by atoms with E-state index in [4.69, 9.17) is 10.7 Å². The first kappa shape index (κ1) is 15.8. The second-order valence-electron chi connectivity index (χ2n) is 6.37. The summed E-state index contributed by atoms with van der Waals surface area (Å²) in [4.78, 5) is 15.9. The van der Waals surface area contributed by atoms with Gasteiger partial charge >= 0.3 is 0 Å². The topological polar surface area (TPSA) is 94.5 Å². The number of hydrazone groups is 1. The molecule has 8 heteroatoms. The van der Waals surface area contributed by atoms with Gasteiger partial charge in [0, 0.05) is 50.2 Å². The Labute approximate surface area is 146 Å². The minimum Gasteiger partial charge on any atom is -0.339 e. The lowest BCUT2D eigenvalue weighted by atomic mass is 10.0. The molecular formula is C17H22N8. The van der Waals surface area contributed by atoms with Crippen LogP contribution >= 0.6 is 0 Å². The van der Waals surface area contributed by atoms with Crippen molar-refractivity contribution in [2.24, 2.45) is 26.7 Å². The molecule has 8 nitrogen and oxygen atoms in total. The van der Waals surface area contributed by atoms with Crippen molar-refractivity contribution in [2.75, 3.05) is 26.7 Å². The first-order valence-corrected chi connectivity index (χ1v) is 8.50. The summed E-state index contributed by atoms with van der Waals surface area (Å²) in [6, 6.07) is 5.94. The smallest absolute Gasteiger partial charge is 0.175 e. The van der Waals surface area contributed by atoms with E-state index in [1.807, 2.05) is 36.5 Å². The zero-order chi connectivity index (χ0) is 17.2. The lowest BCUT2D eigenvalue weighted by molar-refractivity contribution is 0.297. The van der Waals surface area contributed by atoms with Crippen LogP contribution < -0.4 is 11.1 Å². The molecule has 0 spiro atoms. The van der Waals surface area contributed by atoms with E-state index in [1.165, 1.54) is 0 Å². The van der Waals surface area contributed by atoms with Crippen molar-refractivity contribution >= 4 is 23.7 Å². The van der Waals surface area contributed by atoms with Gasteiger partial charge in [0.2, 0.25) is 0 Å². The Morgan fingerprint density at radius 3 is 3.04 bits per heavy atom. The van der Waals surface area contributed by atoms with E-state index in [0.29, 0.717) is 18.3 Å². The van der Waals surface area contributed by atoms with E-state index < -0.39 is 0 Å². The molecule has 0 saturated carbocycles. The van der Waals surface area contributed by atoms with E-state index in [0.717, 1.165) is 36.9 Å². The molecule has 130 valence electrons. The molecule has 0 amide bonds. The van der Waals surface area contributed by atoms with Crippen molar-refractivity contribution in [3.63, 3.8) is 0 Å². The Bertz CT molecular complexity index is 751. The predicted octanol–water partition coefficient (Wildman–Crippen LogP) is 0.535. The maximum atomic E-state index is 5.76. The molecule has 0 fully saturated rings. The largest absolute Gasteiger partial charge is 0.339 e. The third-order valence-corrected chi connectivity index (χ3v) is 4.53. The van der Waals surface area contributed by atoms with Crippen LogP contribution in [0.5, 0.6) is 0 Å². The summed E-state index contributed by atoms with van der Waals surface area (Å²) in [5.74, 6) is 2.60. The number of aromatic nitrogens is 1. The normalized spacial score (nSPS) is 26.6. The average Bonchev–Trinajstić information content (AvgIpc) is 3.22. The number of fused-ring (bicyclic) bond motifs is 1. The molecule has 3 aliphatic rings. The van der Waals surface area contributed by atoms with Crippen LogP contribution in [0.2, 0.25) is 0 Å². The van der Waals surface area contributed by atoms with E-state index in [-0.39, 0.29) is 6.04 Å². The highest BCUT2D eigenvalue weighted by Gasteiger charge is 2.38. The monoisotopic (exact) mass is 338 g/mol. The molecular weight excluding hydrogens is 316 g/mol. The van der Waals surface area contributed by atoms with Crippen molar-refractivity contribution in [3.8, 4) is 0 Å². The fourth-order valence-electron chi connectivity index (χ4n) is 3.33. The van der Waals surface area contributed by atoms with Crippen LogP contribution in [0.15, 0.2) is 51.4 Å². The molecule has 1 aromatic rings. The molecule has 0 saturated heterocycles. The number of aliphatic imine (C=N–C) groups is 2. The predicted molar refractivity (Wildman–Crippen MR) is 98.8 cm³/mol. The van der Waals surface area contributed by atoms with Crippen LogP contribution in [-0.2, 0) is 0 Å². The lowest BCUT2D eigenvalue weighted by Crippen LogP contribution is -2.49. The van der Waals surface area contributed by atoms with Gasteiger partial charge in [0.15, 0.2) is 17.5 Å². The lowest BCUT2D eigenvalue weighted by Gasteiger charge is -2.32. The molecule has 3 N–H and O–H groups in total. The summed E-state index contributed by atoms with van der Waals surface area (Å²) >= 11 is 0. The summed E-state index contributed by atoms with van der Waals surface area (Å²) in [6.45, 7) is 2.22. The van der Waals surface area contributed by atoms with Gasteiger partial charge in [0.1, 0.15) is 0 Å². The minimum atomic E-state index is 0.257. The highest BCUT2D eigenvalue weighted by atomic mass is 15.5. The number of nitrogens with one attached hydrogen (secondary N) is 1. The Morgan fingerprint density at radius 2 is 2.32 bits per heavy atom. The molecule has 0 bridgehead atoms. The molecule has 4 heterocycles. The fraction of sp³-hybridized carbons (Fsp3) is 0.412. The Balaban J connectivity index is 1.65. The first-order valence-electron chi connectivity index (χ1n) is 8.50. The van der Waals surface area contributed by atoms with Crippen LogP contribution in [-0.4, -0.2) is 65.5 Å². The van der Waals surface area contributed by atoms with Gasteiger partial charge < -0.3 is 16.0 Å². The standard InChI is InChI=1S/C17H22N8/c1-24-10-12(8-21-24)14-9-20-17-16(23-15-4-2-3-7-19-15)22-13(5-6-18)11-25(14)17/h2-4,7-8,11-12,14H,5-6,9-10,18H2,1H3,(H,19,22,23). The van der Waals surface area contributed by atoms with Gasteiger partial charge in [-0.15, -0.1) is 0 Å². The number of rotatable bonds is 4. The SMILES string of the molecule is CN1CC(C2CN=C3C(=Nc4ccccn4)NC(CCN)=CN32)C=N1. The Hall–Kier alpha value is -2.74. The number of hydrogen-bond acceptors (Lipinski definition) is 7. The number of amidine groups is 2. The van der Waals surface area contributed by atoms with Gasteiger partial charge in [-0.3, -0.25) is 10.0 Å². The van der Waals surface area contributed by atoms with E-state index in [1.54, 1.807) is 6.20 Å². The molecule has 4 rings (SSSR count). The maximum Gasteiger partial charge on any atom is 0.175 e. The van der Waals surface area contributed by atoms with Crippen molar-refractivity contribution in [2.45, 2.75) is 12.5 Å². The van der Waals surface area contributed by atoms with Gasteiger partial charge in [0.25, 0.3) is 0 Å². The second kappa shape index (κ2) is 6.64. The Kier molecular flexibility index (Phi) is 4.19. The number of hydrogen-bond donors (Lipinski definition) is 2. The van der Waals surface area contributed by atoms with Gasteiger partial charge in [0.05, 0.1) is 12.6 Å². The van der Waals surface area contributed by atoms with Crippen molar-refractivity contribution < 1.29 is 0 Å². The van der Waals surface area contributed by atoms with Gasteiger partial charge in [-0.25, -0.2) is 9.98 Å². The van der Waals surface area contributed by atoms with Crippen molar-refractivity contribution in [1.82, 2.24) is 20.2 Å². The Morgan fingerprint density at radius 1 is 1.40 bits per heavy atom. The third-order valence-electron chi connectivity index (χ3n) is 4.53. The fourth-order valence-corrected chi connectivity index (χ4v) is 3.33. The summed E-state index contributed by atoms with van der Waals surface area (Å²) < 4.78 is 0. The summed E-state index contributed by atoms with van der Waals surface area (Å²) in [5.41, 5.74) is 6.81. The molecule has 0 radical (unpaired) electrons. The highest BCUT2D eigenvalue weighted by Crippen LogP contribution is 2.26. The molecule has 0 aromatic carbocycles. The van der Waals surface area contributed by atoms with E-state index >= 15 is 0 Å². The number of nitrogens with two attached hydrogens (primary N) is 1. The van der Waals surface area contributed by atoms with E-state index in [2.05, 4.69) is 31.5 Å². The molecule has 3 aliphatic heterocycles. The zero-order valence-corrected chi connectivity index (χ0v) is 14.2. The summed E-state index contributed by atoms with van der Waals surface area (Å²) in [7, 11) is 1.99. The molecule has 2 unspecified atom stereocenters. The maximum absolute atomic E-state index is 5.76. The molecule has 0 aliphatic carbocycles. The molecule has 2 atom stereocenters. The van der Waals surface area contributed by atoms with Gasteiger partial charge in [-0.1, -0.05) is 6.07 Å². The second-order valence-corrected chi connectivity index (χ2v) is 6.37. The van der Waals surface area contributed by atoms with E-state index in [9.17, 15) is 0 Å². The third kappa shape index (κ3) is 3.12. The summed E-state index contributed by atoms with van der Waals surface area (Å²) in [6.07, 6.45) is 6.64. The first-order chi connectivity index (χ1) is 12.2. The quantitative estimate of drug-likeness (QED) is 0.835. The van der Waals surface area contributed by atoms with Crippen molar-refractivity contribution in [3.05, 3.63) is 36.3 Å². The van der Waals surface area contributed by atoms with Crippen LogP contribution in [0.1, 0.15) is 6.42 Å². The number of nitrogens with zero attached hydrogens (tertiary/aromatic N) is 6. The van der Waals surface area contributed by atoms with Crippen LogP contribution in [0, 0.1) is 5.92 Å². The zero-order valence-electron chi connectivity index (χ0n) is 14.2. The minimum absolute atomic E-state index is 0.257. The highest BCUT2D eigenvalue weighted by molar-refractivity contribution is 6.42. The van der Waals surface area contributed by atoms with Crippen LogP contribution in [0.4, 0.5) is 5.82 Å². The average molecular weight is 338 g/mol. The van der Waals surface area contributed by atoms with Crippen LogP contribution in [0.3, 0.4) is 0 Å². The van der Waals surface area contributed by atoms with Gasteiger partial charge in [-0.2, -0.15) is 5.10 Å².